The van der Waals surface area contributed by atoms with E-state index >= 15 is 0 Å². The molecule has 5 heteroatoms. The molecule has 0 bridgehead atoms. The van der Waals surface area contributed by atoms with Crippen LogP contribution in [0.3, 0.4) is 0 Å². The molecule has 5 rings (SSSR count). The monoisotopic (exact) mass is 391 g/mol. The lowest BCUT2D eigenvalue weighted by Gasteiger charge is -2.30. The van der Waals surface area contributed by atoms with Gasteiger partial charge >= 0.3 is 0 Å². The maximum absolute atomic E-state index is 6.18. The Morgan fingerprint density at radius 2 is 1.75 bits per heavy atom. The largest absolute Gasteiger partial charge is 0.454 e. The fourth-order valence-electron chi connectivity index (χ4n) is 3.96. The molecule has 2 aliphatic rings. The maximum atomic E-state index is 6.18. The third kappa shape index (κ3) is 3.19. The van der Waals surface area contributed by atoms with E-state index in [1.165, 1.54) is 11.3 Å². The summed E-state index contributed by atoms with van der Waals surface area (Å²) in [5.41, 5.74) is 6.60. The first-order valence-electron chi connectivity index (χ1n) is 9.61. The van der Waals surface area contributed by atoms with Gasteiger partial charge < -0.3 is 20.0 Å². The van der Waals surface area contributed by atoms with Crippen molar-refractivity contribution in [2.75, 3.05) is 36.4 Å². The van der Waals surface area contributed by atoms with Crippen LogP contribution >= 0.6 is 11.6 Å². The summed E-state index contributed by atoms with van der Waals surface area (Å²) >= 11 is 6.02. The summed E-state index contributed by atoms with van der Waals surface area (Å²) in [6.45, 7) is 8.34. The first-order chi connectivity index (χ1) is 13.7. The van der Waals surface area contributed by atoms with Gasteiger partial charge in [-0.15, -0.1) is 0 Å². The Labute approximate surface area is 169 Å². The Hall–Kier alpha value is -2.69. The number of halogens is 1. The van der Waals surface area contributed by atoms with Crippen LogP contribution in [0.25, 0.3) is 17.0 Å². The lowest BCUT2D eigenvalue weighted by atomic mass is 10.0. The van der Waals surface area contributed by atoms with Gasteiger partial charge in [0.15, 0.2) is 5.76 Å². The van der Waals surface area contributed by atoms with E-state index < -0.39 is 0 Å². The normalized spacial score (nSPS) is 16.2. The molecule has 0 radical (unpaired) electrons. The molecule has 4 nitrogen and oxygen atoms in total. The lowest BCUT2D eigenvalue weighted by molar-refractivity contribution is 0.565. The molecule has 1 fully saturated rings. The summed E-state index contributed by atoms with van der Waals surface area (Å²) in [6.07, 6.45) is 0.813. The molecular weight excluding hydrogens is 370 g/mol. The van der Waals surface area contributed by atoms with Crippen LogP contribution in [0.5, 0.6) is 0 Å². The van der Waals surface area contributed by atoms with Gasteiger partial charge in [-0.1, -0.05) is 18.2 Å². The number of fused-ring (bicyclic) bond motifs is 2. The zero-order valence-electron chi connectivity index (χ0n) is 15.6. The molecule has 0 aliphatic carbocycles. The Morgan fingerprint density at radius 3 is 2.54 bits per heavy atom. The van der Waals surface area contributed by atoms with E-state index in [0.717, 1.165) is 71.7 Å². The van der Waals surface area contributed by atoms with Crippen LogP contribution < -0.4 is 15.5 Å². The first kappa shape index (κ1) is 17.4. The van der Waals surface area contributed by atoms with Crippen molar-refractivity contribution in [1.82, 2.24) is 5.32 Å². The molecule has 142 valence electrons. The topological polar surface area (TPSA) is 40.4 Å². The predicted molar refractivity (Wildman–Crippen MR) is 116 cm³/mol. The van der Waals surface area contributed by atoms with Crippen molar-refractivity contribution in [2.45, 2.75) is 6.42 Å². The standard InChI is InChI=1S/C23H22ClN3O/c1-15-23-18(14-22(28-23)16-2-4-19(24)5-3-16)12-17-13-20(6-7-21(17)26-15)27-10-8-25-9-11-27/h2-7,13-14,25-26H,1,8-12H2. The minimum atomic E-state index is 0.720. The first-order valence-corrected chi connectivity index (χ1v) is 9.99. The molecule has 0 atom stereocenters. The number of furan rings is 1. The fraction of sp³-hybridized carbons (Fsp3) is 0.217. The second-order valence-corrected chi connectivity index (χ2v) is 7.77. The Balaban J connectivity index is 1.50. The number of anilines is 2. The molecule has 3 aromatic rings. The van der Waals surface area contributed by atoms with Crippen molar-refractivity contribution in [3.63, 3.8) is 0 Å². The van der Waals surface area contributed by atoms with Gasteiger partial charge in [-0.05, 0) is 54.1 Å². The second-order valence-electron chi connectivity index (χ2n) is 7.33. The highest BCUT2D eigenvalue weighted by Gasteiger charge is 2.22. The number of benzene rings is 2. The number of nitrogens with zero attached hydrogens (tertiary/aromatic N) is 1. The highest BCUT2D eigenvalue weighted by atomic mass is 35.5. The van der Waals surface area contributed by atoms with Crippen LogP contribution in [0, 0.1) is 0 Å². The van der Waals surface area contributed by atoms with Crippen LogP contribution in [0.2, 0.25) is 5.02 Å². The fourth-order valence-corrected chi connectivity index (χ4v) is 4.09. The Bertz CT molecular complexity index is 1030. The number of piperazine rings is 1. The van der Waals surface area contributed by atoms with Gasteiger partial charge in [-0.2, -0.15) is 0 Å². The van der Waals surface area contributed by atoms with E-state index in [2.05, 4.69) is 46.4 Å². The third-order valence-electron chi connectivity index (χ3n) is 5.45. The average molecular weight is 392 g/mol. The van der Waals surface area contributed by atoms with Crippen molar-refractivity contribution in [3.8, 4) is 11.3 Å². The van der Waals surface area contributed by atoms with Gasteiger partial charge in [0.25, 0.3) is 0 Å². The lowest BCUT2D eigenvalue weighted by Crippen LogP contribution is -2.43. The maximum Gasteiger partial charge on any atom is 0.153 e. The van der Waals surface area contributed by atoms with Crippen LogP contribution in [-0.2, 0) is 6.42 Å². The van der Waals surface area contributed by atoms with Crippen molar-refractivity contribution in [1.29, 1.82) is 0 Å². The number of nitrogens with one attached hydrogen (secondary N) is 2. The number of hydrogen-bond acceptors (Lipinski definition) is 4. The average Bonchev–Trinajstić information content (AvgIpc) is 3.09. The minimum absolute atomic E-state index is 0.720. The Kier molecular flexibility index (Phi) is 4.38. The molecule has 1 saturated heterocycles. The van der Waals surface area contributed by atoms with Crippen molar-refractivity contribution >= 4 is 28.7 Å². The summed E-state index contributed by atoms with van der Waals surface area (Å²) in [5, 5.41) is 7.57. The van der Waals surface area contributed by atoms with Gasteiger partial charge in [0.05, 0.1) is 5.70 Å². The molecule has 0 spiro atoms. The van der Waals surface area contributed by atoms with Crippen molar-refractivity contribution < 1.29 is 4.42 Å². The zero-order chi connectivity index (χ0) is 19.1. The van der Waals surface area contributed by atoms with E-state index in [4.69, 9.17) is 16.0 Å². The number of hydrogen-bond donors (Lipinski definition) is 2. The van der Waals surface area contributed by atoms with E-state index in [-0.39, 0.29) is 0 Å². The highest BCUT2D eigenvalue weighted by Crippen LogP contribution is 2.37. The van der Waals surface area contributed by atoms with Gasteiger partial charge in [0.2, 0.25) is 0 Å². The molecule has 2 N–H and O–H groups in total. The quantitative estimate of drug-likeness (QED) is 0.645. The SMILES string of the molecule is C=C1Nc2ccc(N3CCNCC3)cc2Cc2cc(-c3ccc(Cl)cc3)oc21. The van der Waals surface area contributed by atoms with E-state index in [0.29, 0.717) is 0 Å². The molecular formula is C23H22ClN3O. The van der Waals surface area contributed by atoms with Gasteiger partial charge in [-0.3, -0.25) is 0 Å². The molecule has 2 aliphatic heterocycles. The van der Waals surface area contributed by atoms with Crippen LogP contribution in [0.15, 0.2) is 59.5 Å². The second kappa shape index (κ2) is 7.04. The van der Waals surface area contributed by atoms with Crippen LogP contribution in [-0.4, -0.2) is 26.2 Å². The molecule has 2 aromatic carbocycles. The Morgan fingerprint density at radius 1 is 0.964 bits per heavy atom. The van der Waals surface area contributed by atoms with E-state index in [9.17, 15) is 0 Å². The summed E-state index contributed by atoms with van der Waals surface area (Å²) in [4.78, 5) is 2.44. The van der Waals surface area contributed by atoms with Crippen molar-refractivity contribution in [2.24, 2.45) is 0 Å². The molecule has 0 amide bonds. The summed E-state index contributed by atoms with van der Waals surface area (Å²) in [5.74, 6) is 1.66. The van der Waals surface area contributed by atoms with Crippen LogP contribution in [0.1, 0.15) is 16.9 Å². The smallest absolute Gasteiger partial charge is 0.153 e. The summed E-state index contributed by atoms with van der Waals surface area (Å²) in [6, 6.07) is 16.5. The third-order valence-corrected chi connectivity index (χ3v) is 5.70. The summed E-state index contributed by atoms with van der Waals surface area (Å²) in [7, 11) is 0. The van der Waals surface area contributed by atoms with E-state index in [1.807, 2.05) is 24.3 Å². The van der Waals surface area contributed by atoms with Crippen LogP contribution in [0.4, 0.5) is 11.4 Å². The van der Waals surface area contributed by atoms with Gasteiger partial charge in [0, 0.05) is 60.1 Å². The highest BCUT2D eigenvalue weighted by molar-refractivity contribution is 6.30. The molecule has 0 saturated carbocycles. The minimum Gasteiger partial charge on any atom is -0.454 e. The molecule has 0 unspecified atom stereocenters. The number of rotatable bonds is 2. The van der Waals surface area contributed by atoms with Gasteiger partial charge in [0.1, 0.15) is 5.76 Å². The zero-order valence-corrected chi connectivity index (χ0v) is 16.4. The predicted octanol–water partition coefficient (Wildman–Crippen LogP) is 5.00. The summed E-state index contributed by atoms with van der Waals surface area (Å²) < 4.78 is 6.18. The molecule has 28 heavy (non-hydrogen) atoms. The van der Waals surface area contributed by atoms with Gasteiger partial charge in [-0.25, -0.2) is 0 Å². The molecule has 3 heterocycles. The van der Waals surface area contributed by atoms with Crippen molar-refractivity contribution in [3.05, 3.63) is 77.0 Å². The van der Waals surface area contributed by atoms with E-state index in [1.54, 1.807) is 0 Å². The molecule has 1 aromatic heterocycles.